The summed E-state index contributed by atoms with van der Waals surface area (Å²) in [7, 11) is 0. The predicted octanol–water partition coefficient (Wildman–Crippen LogP) is 1.70. The van der Waals surface area contributed by atoms with Crippen LogP contribution in [0.15, 0.2) is 12.1 Å². The maximum absolute atomic E-state index is 13.3. The first kappa shape index (κ1) is 12.7. The second-order valence-electron chi connectivity index (χ2n) is 4.09. The van der Waals surface area contributed by atoms with E-state index in [0.717, 1.165) is 6.07 Å². The average molecular weight is 255 g/mol. The van der Waals surface area contributed by atoms with Gasteiger partial charge in [-0.1, -0.05) is 0 Å². The zero-order chi connectivity index (χ0) is 13.1. The van der Waals surface area contributed by atoms with Gasteiger partial charge in [0.05, 0.1) is 24.2 Å². The van der Waals surface area contributed by atoms with E-state index >= 15 is 0 Å². The number of aryl methyl sites for hydroxylation is 1. The third kappa shape index (κ3) is 2.74. The van der Waals surface area contributed by atoms with E-state index in [4.69, 9.17) is 4.74 Å². The zero-order valence-corrected chi connectivity index (χ0v) is 9.98. The number of hydrogen-bond acceptors (Lipinski definition) is 5. The summed E-state index contributed by atoms with van der Waals surface area (Å²) in [4.78, 5) is 10.3. The van der Waals surface area contributed by atoms with Gasteiger partial charge in [0.2, 0.25) is 0 Å². The second-order valence-corrected chi connectivity index (χ2v) is 4.09. The van der Waals surface area contributed by atoms with E-state index in [-0.39, 0.29) is 5.69 Å². The molecule has 98 valence electrons. The van der Waals surface area contributed by atoms with Crippen LogP contribution < -0.4 is 5.43 Å². The van der Waals surface area contributed by atoms with Gasteiger partial charge in [0.15, 0.2) is 0 Å². The summed E-state index contributed by atoms with van der Waals surface area (Å²) >= 11 is 0. The minimum Gasteiger partial charge on any atom is -0.379 e. The summed E-state index contributed by atoms with van der Waals surface area (Å²) in [5, 5.41) is 12.7. The fourth-order valence-corrected chi connectivity index (χ4v) is 1.76. The lowest BCUT2D eigenvalue weighted by molar-refractivity contribution is -0.384. The van der Waals surface area contributed by atoms with Crippen molar-refractivity contribution in [3.8, 4) is 0 Å². The molecule has 1 N–H and O–H groups in total. The van der Waals surface area contributed by atoms with Crippen molar-refractivity contribution in [3.05, 3.63) is 33.6 Å². The van der Waals surface area contributed by atoms with Crippen molar-refractivity contribution in [2.24, 2.45) is 0 Å². The molecule has 1 aliphatic heterocycles. The zero-order valence-electron chi connectivity index (χ0n) is 9.98. The summed E-state index contributed by atoms with van der Waals surface area (Å²) < 4.78 is 18.5. The van der Waals surface area contributed by atoms with Crippen molar-refractivity contribution >= 4 is 11.4 Å². The van der Waals surface area contributed by atoms with Crippen LogP contribution in [0.4, 0.5) is 15.8 Å². The molecule has 0 atom stereocenters. The Morgan fingerprint density at radius 2 is 2.11 bits per heavy atom. The first-order chi connectivity index (χ1) is 8.58. The largest absolute Gasteiger partial charge is 0.379 e. The number of benzene rings is 1. The van der Waals surface area contributed by atoms with Gasteiger partial charge < -0.3 is 10.2 Å². The molecule has 1 heterocycles. The van der Waals surface area contributed by atoms with Crippen LogP contribution in [0.2, 0.25) is 0 Å². The molecule has 0 bridgehead atoms. The Kier molecular flexibility index (Phi) is 3.73. The highest BCUT2D eigenvalue weighted by Gasteiger charge is 2.19. The molecule has 1 aromatic rings. The lowest BCUT2D eigenvalue weighted by Crippen LogP contribution is -2.40. The van der Waals surface area contributed by atoms with Gasteiger partial charge in [-0.25, -0.2) is 9.40 Å². The average Bonchev–Trinajstić information content (AvgIpc) is 2.34. The number of nitro benzene ring substituents is 1. The van der Waals surface area contributed by atoms with Gasteiger partial charge in [0.25, 0.3) is 5.69 Å². The number of morpholine rings is 1. The molecule has 0 saturated carbocycles. The molecule has 1 aliphatic rings. The predicted molar refractivity (Wildman–Crippen MR) is 63.8 cm³/mol. The Balaban J connectivity index is 2.24. The van der Waals surface area contributed by atoms with Crippen LogP contribution in [-0.4, -0.2) is 36.2 Å². The molecular formula is C11H14FN3O3. The van der Waals surface area contributed by atoms with Crippen molar-refractivity contribution in [2.45, 2.75) is 6.92 Å². The van der Waals surface area contributed by atoms with E-state index in [1.807, 2.05) is 5.01 Å². The molecule has 1 saturated heterocycles. The summed E-state index contributed by atoms with van der Waals surface area (Å²) in [6.45, 7) is 3.98. The van der Waals surface area contributed by atoms with Gasteiger partial charge >= 0.3 is 0 Å². The van der Waals surface area contributed by atoms with Gasteiger partial charge in [-0.05, 0) is 18.6 Å². The second kappa shape index (κ2) is 5.28. The molecule has 1 fully saturated rings. The van der Waals surface area contributed by atoms with Gasteiger partial charge in [0.1, 0.15) is 11.5 Å². The van der Waals surface area contributed by atoms with E-state index in [1.54, 1.807) is 6.92 Å². The van der Waals surface area contributed by atoms with Crippen LogP contribution >= 0.6 is 0 Å². The summed E-state index contributed by atoms with van der Waals surface area (Å²) in [5.41, 5.74) is 3.36. The van der Waals surface area contributed by atoms with Crippen LogP contribution in [0.25, 0.3) is 0 Å². The fraction of sp³-hybridized carbons (Fsp3) is 0.455. The van der Waals surface area contributed by atoms with E-state index < -0.39 is 10.7 Å². The number of ether oxygens (including phenoxy) is 1. The van der Waals surface area contributed by atoms with Gasteiger partial charge in [-0.2, -0.15) is 0 Å². The topological polar surface area (TPSA) is 67.6 Å². The van der Waals surface area contributed by atoms with Gasteiger partial charge in [-0.3, -0.25) is 10.1 Å². The Hall–Kier alpha value is -1.73. The molecule has 2 rings (SSSR count). The molecule has 0 radical (unpaired) electrons. The van der Waals surface area contributed by atoms with Crippen LogP contribution in [0.5, 0.6) is 0 Å². The summed E-state index contributed by atoms with van der Waals surface area (Å²) in [5.74, 6) is -0.575. The van der Waals surface area contributed by atoms with E-state index in [1.165, 1.54) is 6.07 Å². The van der Waals surface area contributed by atoms with Gasteiger partial charge in [-0.15, -0.1) is 0 Å². The standard InChI is InChI=1S/C11H14FN3O3/c1-8-6-10(11(15(16)17)7-9(8)12)13-14-2-4-18-5-3-14/h6-7,13H,2-5H2,1H3. The molecule has 1 aromatic carbocycles. The van der Waals surface area contributed by atoms with Crippen molar-refractivity contribution in [3.63, 3.8) is 0 Å². The Morgan fingerprint density at radius 1 is 1.44 bits per heavy atom. The number of nitrogens with zero attached hydrogens (tertiary/aromatic N) is 2. The Bertz CT molecular complexity index is 461. The molecule has 0 spiro atoms. The Morgan fingerprint density at radius 3 is 2.72 bits per heavy atom. The number of hydrogen-bond donors (Lipinski definition) is 1. The first-order valence-corrected chi connectivity index (χ1v) is 5.62. The van der Waals surface area contributed by atoms with E-state index in [2.05, 4.69) is 5.43 Å². The molecular weight excluding hydrogens is 241 g/mol. The lowest BCUT2D eigenvalue weighted by Gasteiger charge is -2.27. The van der Waals surface area contributed by atoms with Gasteiger partial charge in [0, 0.05) is 13.1 Å². The molecule has 0 aliphatic carbocycles. The SMILES string of the molecule is Cc1cc(NN2CCOCC2)c([N+](=O)[O-])cc1F. The molecule has 18 heavy (non-hydrogen) atoms. The van der Waals surface area contributed by atoms with Crippen LogP contribution in [-0.2, 0) is 4.74 Å². The van der Waals surface area contributed by atoms with E-state index in [9.17, 15) is 14.5 Å². The fourth-order valence-electron chi connectivity index (χ4n) is 1.76. The number of hydrazine groups is 1. The van der Waals surface area contributed by atoms with Crippen LogP contribution in [0.1, 0.15) is 5.56 Å². The third-order valence-electron chi connectivity index (χ3n) is 2.76. The molecule has 0 unspecified atom stereocenters. The smallest absolute Gasteiger partial charge is 0.296 e. The highest BCUT2D eigenvalue weighted by molar-refractivity contribution is 5.62. The normalized spacial score (nSPS) is 16.6. The van der Waals surface area contributed by atoms with Crippen molar-refractivity contribution in [1.29, 1.82) is 0 Å². The number of nitrogens with one attached hydrogen (secondary N) is 1. The number of nitro groups is 1. The third-order valence-corrected chi connectivity index (χ3v) is 2.76. The molecule has 7 heteroatoms. The molecule has 6 nitrogen and oxygen atoms in total. The van der Waals surface area contributed by atoms with Crippen LogP contribution in [0.3, 0.4) is 0 Å². The van der Waals surface area contributed by atoms with Crippen LogP contribution in [0, 0.1) is 22.9 Å². The minimum absolute atomic E-state index is 0.260. The van der Waals surface area contributed by atoms with Crippen molar-refractivity contribution in [2.75, 3.05) is 31.7 Å². The lowest BCUT2D eigenvalue weighted by atomic mass is 10.2. The van der Waals surface area contributed by atoms with Crippen molar-refractivity contribution in [1.82, 2.24) is 5.01 Å². The maximum Gasteiger partial charge on any atom is 0.296 e. The highest BCUT2D eigenvalue weighted by Crippen LogP contribution is 2.28. The molecule has 0 amide bonds. The van der Waals surface area contributed by atoms with E-state index in [0.29, 0.717) is 37.6 Å². The number of halogens is 1. The minimum atomic E-state index is -0.592. The first-order valence-electron chi connectivity index (χ1n) is 5.62. The monoisotopic (exact) mass is 255 g/mol. The number of anilines is 1. The summed E-state index contributed by atoms with van der Waals surface area (Å²) in [6, 6.07) is 2.39. The van der Waals surface area contributed by atoms with Crippen molar-refractivity contribution < 1.29 is 14.1 Å². The highest BCUT2D eigenvalue weighted by atomic mass is 19.1. The Labute approximate surface area is 103 Å². The maximum atomic E-state index is 13.3. The number of rotatable bonds is 3. The summed E-state index contributed by atoms with van der Waals surface area (Å²) in [6.07, 6.45) is 0. The quantitative estimate of drug-likeness (QED) is 0.657. The molecule has 0 aromatic heterocycles.